The Kier molecular flexibility index (Phi) is 10.0. The summed E-state index contributed by atoms with van der Waals surface area (Å²) >= 11 is 0. The van der Waals surface area contributed by atoms with Gasteiger partial charge in [-0.05, 0) is 30.0 Å². The highest BCUT2D eigenvalue weighted by Gasteiger charge is 2.41. The predicted octanol–water partition coefficient (Wildman–Crippen LogP) is 7.84. The largest absolute Gasteiger partial charge is 0.349 e. The molecule has 2 rings (SSSR count). The van der Waals surface area contributed by atoms with Gasteiger partial charge in [0.2, 0.25) is 0 Å². The van der Waals surface area contributed by atoms with Crippen molar-refractivity contribution in [1.82, 2.24) is 0 Å². The highest BCUT2D eigenvalue weighted by Crippen LogP contribution is 2.42. The lowest BCUT2D eigenvalue weighted by molar-refractivity contribution is -0.266. The van der Waals surface area contributed by atoms with Crippen molar-refractivity contribution < 1.29 is 9.47 Å². The van der Waals surface area contributed by atoms with E-state index in [1.54, 1.807) is 0 Å². The minimum absolute atomic E-state index is 0.348. The lowest BCUT2D eigenvalue weighted by atomic mass is 9.83. The molecule has 0 aliphatic carbocycles. The van der Waals surface area contributed by atoms with E-state index in [1.165, 1.54) is 54.9 Å². The van der Waals surface area contributed by atoms with Crippen LogP contribution in [0.2, 0.25) is 0 Å². The molecule has 0 bridgehead atoms. The van der Waals surface area contributed by atoms with Crippen LogP contribution < -0.4 is 0 Å². The average Bonchev–Trinajstić information content (AvgIpc) is 2.75. The van der Waals surface area contributed by atoms with Gasteiger partial charge in [0.1, 0.15) is 0 Å². The number of methoxy groups -OCH3 is 1. The summed E-state index contributed by atoms with van der Waals surface area (Å²) < 4.78 is 12.8. The van der Waals surface area contributed by atoms with Gasteiger partial charge < -0.3 is 9.47 Å². The SMILES string of the molecule is CCCCCCCCC(CC)C(OC)(OCCC)c1cccc2ccccc12. The van der Waals surface area contributed by atoms with E-state index < -0.39 is 5.79 Å². The molecular formula is C26H40O2. The normalized spacial score (nSPS) is 14.9. The number of rotatable bonds is 14. The van der Waals surface area contributed by atoms with Crippen LogP contribution in [0.1, 0.15) is 84.1 Å². The first kappa shape index (κ1) is 22.9. The summed E-state index contributed by atoms with van der Waals surface area (Å²) in [5, 5.41) is 2.49. The van der Waals surface area contributed by atoms with Crippen LogP contribution in [0, 0.1) is 5.92 Å². The average molecular weight is 385 g/mol. The smallest absolute Gasteiger partial charge is 0.198 e. The third-order valence-corrected chi connectivity index (χ3v) is 5.93. The number of unbranched alkanes of at least 4 members (excludes halogenated alkanes) is 5. The van der Waals surface area contributed by atoms with E-state index in [-0.39, 0.29) is 0 Å². The topological polar surface area (TPSA) is 18.5 Å². The number of benzene rings is 2. The van der Waals surface area contributed by atoms with E-state index in [1.807, 2.05) is 7.11 Å². The van der Waals surface area contributed by atoms with E-state index in [0.717, 1.165) is 19.3 Å². The maximum atomic E-state index is 6.55. The fourth-order valence-corrected chi connectivity index (χ4v) is 4.37. The van der Waals surface area contributed by atoms with Gasteiger partial charge in [0.05, 0.1) is 6.61 Å². The zero-order valence-electron chi connectivity index (χ0n) is 18.5. The van der Waals surface area contributed by atoms with Gasteiger partial charge in [-0.25, -0.2) is 0 Å². The Morgan fingerprint density at radius 1 is 0.821 bits per heavy atom. The van der Waals surface area contributed by atoms with Crippen LogP contribution in [0.5, 0.6) is 0 Å². The highest BCUT2D eigenvalue weighted by atomic mass is 16.7. The number of fused-ring (bicyclic) bond motifs is 1. The van der Waals surface area contributed by atoms with E-state index >= 15 is 0 Å². The highest BCUT2D eigenvalue weighted by molar-refractivity contribution is 5.86. The molecule has 2 atom stereocenters. The Bertz CT molecular complexity index is 676. The molecule has 2 unspecified atom stereocenters. The second-order valence-corrected chi connectivity index (χ2v) is 7.91. The fraction of sp³-hybridized carbons (Fsp3) is 0.615. The summed E-state index contributed by atoms with van der Waals surface area (Å²) in [7, 11) is 1.82. The molecule has 0 aliphatic rings. The molecule has 0 aliphatic heterocycles. The maximum Gasteiger partial charge on any atom is 0.198 e. The van der Waals surface area contributed by atoms with Crippen LogP contribution in [0.4, 0.5) is 0 Å². The third kappa shape index (κ3) is 5.58. The summed E-state index contributed by atoms with van der Waals surface area (Å²) in [6, 6.07) is 15.1. The van der Waals surface area contributed by atoms with Crippen LogP contribution in [0.3, 0.4) is 0 Å². The van der Waals surface area contributed by atoms with Gasteiger partial charge >= 0.3 is 0 Å². The molecule has 28 heavy (non-hydrogen) atoms. The van der Waals surface area contributed by atoms with Crippen LogP contribution in [0.15, 0.2) is 42.5 Å². The van der Waals surface area contributed by atoms with Gasteiger partial charge in [-0.1, -0.05) is 102 Å². The Labute approximate surface area is 172 Å². The van der Waals surface area contributed by atoms with Crippen LogP contribution >= 0.6 is 0 Å². The first-order valence-corrected chi connectivity index (χ1v) is 11.4. The van der Waals surface area contributed by atoms with Crippen LogP contribution in [-0.2, 0) is 15.3 Å². The molecule has 0 radical (unpaired) electrons. The van der Waals surface area contributed by atoms with Crippen molar-refractivity contribution in [3.8, 4) is 0 Å². The van der Waals surface area contributed by atoms with E-state index in [0.29, 0.717) is 12.5 Å². The first-order valence-electron chi connectivity index (χ1n) is 11.4. The summed E-state index contributed by atoms with van der Waals surface area (Å²) in [6.45, 7) is 7.42. The van der Waals surface area contributed by atoms with Gasteiger partial charge in [0.15, 0.2) is 5.79 Å². The molecule has 0 saturated carbocycles. The van der Waals surface area contributed by atoms with Gasteiger partial charge in [-0.15, -0.1) is 0 Å². The minimum Gasteiger partial charge on any atom is -0.349 e. The molecule has 2 heteroatoms. The molecule has 0 heterocycles. The summed E-state index contributed by atoms with van der Waals surface area (Å²) in [6.07, 6.45) is 11.1. The van der Waals surface area contributed by atoms with Crippen molar-refractivity contribution in [2.75, 3.05) is 13.7 Å². The third-order valence-electron chi connectivity index (χ3n) is 5.93. The lowest BCUT2D eigenvalue weighted by Gasteiger charge is -2.40. The van der Waals surface area contributed by atoms with Gasteiger partial charge in [-0.2, -0.15) is 0 Å². The molecule has 0 aromatic heterocycles. The summed E-state index contributed by atoms with van der Waals surface area (Å²) in [4.78, 5) is 0. The van der Waals surface area contributed by atoms with Crippen molar-refractivity contribution in [2.24, 2.45) is 5.92 Å². The predicted molar refractivity (Wildman–Crippen MR) is 121 cm³/mol. The Hall–Kier alpha value is -1.38. The summed E-state index contributed by atoms with van der Waals surface area (Å²) in [5.74, 6) is -0.323. The fourth-order valence-electron chi connectivity index (χ4n) is 4.37. The number of ether oxygens (including phenoxy) is 2. The standard InChI is InChI=1S/C26H40O2/c1-5-8-9-10-11-12-18-23(7-3)26(27-4,28-21-6-2)25-20-15-17-22-16-13-14-19-24(22)25/h13-17,19-20,23H,5-12,18,21H2,1-4H3. The van der Waals surface area contributed by atoms with Crippen molar-refractivity contribution in [2.45, 2.75) is 84.3 Å². The molecule has 156 valence electrons. The summed E-state index contributed by atoms with van der Waals surface area (Å²) in [5.41, 5.74) is 1.18. The number of hydrogen-bond donors (Lipinski definition) is 0. The van der Waals surface area contributed by atoms with Gasteiger partial charge in [0.25, 0.3) is 0 Å². The Morgan fingerprint density at radius 3 is 2.25 bits per heavy atom. The van der Waals surface area contributed by atoms with Crippen LogP contribution in [0.25, 0.3) is 10.8 Å². The zero-order valence-corrected chi connectivity index (χ0v) is 18.5. The Morgan fingerprint density at radius 2 is 1.54 bits per heavy atom. The molecule has 0 N–H and O–H groups in total. The molecule has 2 nitrogen and oxygen atoms in total. The van der Waals surface area contributed by atoms with Gasteiger partial charge in [-0.3, -0.25) is 0 Å². The second kappa shape index (κ2) is 12.2. The van der Waals surface area contributed by atoms with E-state index in [9.17, 15) is 0 Å². The minimum atomic E-state index is -0.672. The number of hydrogen-bond acceptors (Lipinski definition) is 2. The van der Waals surface area contributed by atoms with Crippen molar-refractivity contribution in [3.63, 3.8) is 0 Å². The lowest BCUT2D eigenvalue weighted by Crippen LogP contribution is -2.40. The molecule has 2 aromatic rings. The molecular weight excluding hydrogens is 344 g/mol. The molecule has 0 amide bonds. The molecule has 0 spiro atoms. The second-order valence-electron chi connectivity index (χ2n) is 7.91. The molecule has 2 aromatic carbocycles. The molecule has 0 fully saturated rings. The van der Waals surface area contributed by atoms with Crippen molar-refractivity contribution >= 4 is 10.8 Å². The van der Waals surface area contributed by atoms with E-state index in [2.05, 4.69) is 63.2 Å². The monoisotopic (exact) mass is 384 g/mol. The van der Waals surface area contributed by atoms with Gasteiger partial charge in [0, 0.05) is 18.6 Å². The van der Waals surface area contributed by atoms with E-state index in [4.69, 9.17) is 9.47 Å². The van der Waals surface area contributed by atoms with Crippen LogP contribution in [-0.4, -0.2) is 13.7 Å². The maximum absolute atomic E-state index is 6.55. The zero-order chi connectivity index (χ0) is 20.2. The first-order chi connectivity index (χ1) is 13.7. The molecule has 0 saturated heterocycles. The quantitative estimate of drug-likeness (QED) is 0.244. The van der Waals surface area contributed by atoms with Crippen molar-refractivity contribution in [1.29, 1.82) is 0 Å². The van der Waals surface area contributed by atoms with Crippen molar-refractivity contribution in [3.05, 3.63) is 48.0 Å². The Balaban J connectivity index is 2.30.